The summed E-state index contributed by atoms with van der Waals surface area (Å²) in [6.45, 7) is 4.16. The van der Waals surface area contributed by atoms with Crippen LogP contribution in [0.15, 0.2) is 59.1 Å². The van der Waals surface area contributed by atoms with Crippen molar-refractivity contribution in [3.63, 3.8) is 0 Å². The largest absolute Gasteiger partial charge is 0.481 e. The van der Waals surface area contributed by atoms with E-state index in [1.807, 2.05) is 42.5 Å². The summed E-state index contributed by atoms with van der Waals surface area (Å²) < 4.78 is 17.2. The zero-order valence-corrected chi connectivity index (χ0v) is 19.1. The van der Waals surface area contributed by atoms with E-state index < -0.39 is 5.97 Å². The Bertz CT molecular complexity index is 1090. The molecule has 0 spiro atoms. The normalized spacial score (nSPS) is 17.4. The first-order chi connectivity index (χ1) is 16.6. The molecule has 34 heavy (non-hydrogen) atoms. The quantitative estimate of drug-likeness (QED) is 0.434. The summed E-state index contributed by atoms with van der Waals surface area (Å²) >= 11 is 0. The molecule has 8 heteroatoms. The minimum atomic E-state index is -0.716. The van der Waals surface area contributed by atoms with Crippen LogP contribution in [-0.2, 0) is 34.0 Å². The SMILES string of the molecule is O=C(O)C1CN(Cc2ccc(-c3noc(COCC4(COCc5ccccc5)CC4)n3)cc2)C1. The van der Waals surface area contributed by atoms with Gasteiger partial charge < -0.3 is 19.1 Å². The van der Waals surface area contributed by atoms with Gasteiger partial charge in [0.1, 0.15) is 6.61 Å². The van der Waals surface area contributed by atoms with Crippen LogP contribution in [0.25, 0.3) is 11.4 Å². The minimum absolute atomic E-state index is 0.106. The number of benzene rings is 2. The summed E-state index contributed by atoms with van der Waals surface area (Å²) in [6, 6.07) is 18.1. The highest BCUT2D eigenvalue weighted by Gasteiger charge is 2.43. The molecule has 0 radical (unpaired) electrons. The highest BCUT2D eigenvalue weighted by atomic mass is 16.5. The number of carboxylic acid groups (broad SMARTS) is 1. The van der Waals surface area contributed by atoms with Gasteiger partial charge in [-0.1, -0.05) is 59.8 Å². The van der Waals surface area contributed by atoms with E-state index in [0.29, 0.717) is 44.6 Å². The number of rotatable bonds is 12. The average Bonchev–Trinajstić information content (AvgIpc) is 3.42. The molecule has 2 heterocycles. The molecule has 2 aromatic carbocycles. The fourth-order valence-electron chi connectivity index (χ4n) is 4.12. The van der Waals surface area contributed by atoms with E-state index in [1.165, 1.54) is 5.56 Å². The number of carboxylic acids is 1. The van der Waals surface area contributed by atoms with Gasteiger partial charge in [0.2, 0.25) is 5.82 Å². The van der Waals surface area contributed by atoms with Crippen molar-refractivity contribution in [3.05, 3.63) is 71.6 Å². The first kappa shape index (κ1) is 22.7. The van der Waals surface area contributed by atoms with E-state index in [0.717, 1.165) is 30.5 Å². The molecule has 2 fully saturated rings. The van der Waals surface area contributed by atoms with Crippen LogP contribution in [0, 0.1) is 11.3 Å². The molecule has 0 amide bonds. The van der Waals surface area contributed by atoms with Crippen LogP contribution in [0.5, 0.6) is 0 Å². The summed E-state index contributed by atoms with van der Waals surface area (Å²) in [4.78, 5) is 17.5. The van der Waals surface area contributed by atoms with Gasteiger partial charge in [0.05, 0.1) is 25.7 Å². The molecule has 0 unspecified atom stereocenters. The summed E-state index contributed by atoms with van der Waals surface area (Å²) in [7, 11) is 0. The molecule has 1 aliphatic carbocycles. The van der Waals surface area contributed by atoms with Crippen molar-refractivity contribution in [2.45, 2.75) is 32.6 Å². The maximum atomic E-state index is 10.9. The van der Waals surface area contributed by atoms with E-state index in [-0.39, 0.29) is 17.9 Å². The Morgan fingerprint density at radius 1 is 1.00 bits per heavy atom. The zero-order chi connectivity index (χ0) is 23.4. The number of nitrogens with zero attached hydrogens (tertiary/aromatic N) is 3. The molecule has 2 aliphatic rings. The predicted molar refractivity (Wildman–Crippen MR) is 124 cm³/mol. The summed E-state index contributed by atoms with van der Waals surface area (Å²) in [5.74, 6) is 0.0378. The molecule has 1 aromatic heterocycles. The van der Waals surface area contributed by atoms with Gasteiger partial charge in [0.25, 0.3) is 5.89 Å². The first-order valence-corrected chi connectivity index (χ1v) is 11.7. The summed E-state index contributed by atoms with van der Waals surface area (Å²) in [6.07, 6.45) is 2.22. The Balaban J connectivity index is 1.05. The van der Waals surface area contributed by atoms with Crippen LogP contribution in [0.1, 0.15) is 29.9 Å². The molecule has 8 nitrogen and oxygen atoms in total. The molecule has 1 saturated carbocycles. The van der Waals surface area contributed by atoms with Crippen LogP contribution in [0.4, 0.5) is 0 Å². The Morgan fingerprint density at radius 2 is 1.71 bits per heavy atom. The Hall–Kier alpha value is -3.07. The van der Waals surface area contributed by atoms with Crippen molar-refractivity contribution < 1.29 is 23.9 Å². The van der Waals surface area contributed by atoms with E-state index in [2.05, 4.69) is 27.2 Å². The van der Waals surface area contributed by atoms with E-state index in [4.69, 9.17) is 19.1 Å². The number of hydrogen-bond acceptors (Lipinski definition) is 7. The lowest BCUT2D eigenvalue weighted by Crippen LogP contribution is -2.49. The van der Waals surface area contributed by atoms with Crippen molar-refractivity contribution in [2.24, 2.45) is 11.3 Å². The molecular formula is C26H29N3O5. The summed E-state index contributed by atoms with van der Waals surface area (Å²) in [5.41, 5.74) is 3.29. The zero-order valence-electron chi connectivity index (χ0n) is 19.1. The smallest absolute Gasteiger partial charge is 0.309 e. The number of aromatic nitrogens is 2. The Labute approximate surface area is 198 Å². The molecule has 3 aromatic rings. The molecule has 5 rings (SSSR count). The third-order valence-corrected chi connectivity index (χ3v) is 6.50. The minimum Gasteiger partial charge on any atom is -0.481 e. The third-order valence-electron chi connectivity index (χ3n) is 6.50. The fourth-order valence-corrected chi connectivity index (χ4v) is 4.12. The first-order valence-electron chi connectivity index (χ1n) is 11.7. The van der Waals surface area contributed by atoms with E-state index in [1.54, 1.807) is 0 Å². The van der Waals surface area contributed by atoms with Gasteiger partial charge in [0, 0.05) is 30.6 Å². The van der Waals surface area contributed by atoms with Gasteiger partial charge in [-0.05, 0) is 24.0 Å². The van der Waals surface area contributed by atoms with Gasteiger partial charge in [-0.3, -0.25) is 9.69 Å². The number of aliphatic carboxylic acids is 1. The van der Waals surface area contributed by atoms with Gasteiger partial charge in [-0.25, -0.2) is 0 Å². The van der Waals surface area contributed by atoms with Crippen molar-refractivity contribution in [1.82, 2.24) is 15.0 Å². The van der Waals surface area contributed by atoms with Crippen molar-refractivity contribution >= 4 is 5.97 Å². The van der Waals surface area contributed by atoms with Gasteiger partial charge >= 0.3 is 5.97 Å². The second-order valence-corrected chi connectivity index (χ2v) is 9.41. The lowest BCUT2D eigenvalue weighted by Gasteiger charge is -2.36. The predicted octanol–water partition coefficient (Wildman–Crippen LogP) is 3.77. The monoisotopic (exact) mass is 463 g/mol. The second-order valence-electron chi connectivity index (χ2n) is 9.41. The number of hydrogen-bond donors (Lipinski definition) is 1. The molecule has 178 valence electrons. The molecule has 1 N–H and O–H groups in total. The highest BCUT2D eigenvalue weighted by Crippen LogP contribution is 2.46. The van der Waals surface area contributed by atoms with Gasteiger partial charge in [-0.2, -0.15) is 4.98 Å². The van der Waals surface area contributed by atoms with Gasteiger partial charge in [0.15, 0.2) is 0 Å². The Morgan fingerprint density at radius 3 is 2.38 bits per heavy atom. The second kappa shape index (κ2) is 10.0. The molecular weight excluding hydrogens is 434 g/mol. The van der Waals surface area contributed by atoms with Crippen LogP contribution in [-0.4, -0.2) is 52.4 Å². The Kier molecular flexibility index (Phi) is 6.71. The fraction of sp³-hybridized carbons (Fsp3) is 0.423. The number of ether oxygens (including phenoxy) is 2. The lowest BCUT2D eigenvalue weighted by molar-refractivity contribution is -0.147. The van der Waals surface area contributed by atoms with E-state index in [9.17, 15) is 4.79 Å². The summed E-state index contributed by atoms with van der Waals surface area (Å²) in [5, 5.41) is 13.1. The lowest BCUT2D eigenvalue weighted by atomic mass is 9.99. The highest BCUT2D eigenvalue weighted by molar-refractivity contribution is 5.71. The maximum Gasteiger partial charge on any atom is 0.309 e. The third kappa shape index (κ3) is 5.70. The van der Waals surface area contributed by atoms with Crippen LogP contribution >= 0.6 is 0 Å². The molecule has 1 aliphatic heterocycles. The van der Waals surface area contributed by atoms with Crippen molar-refractivity contribution in [2.75, 3.05) is 26.3 Å². The number of carbonyl (C=O) groups is 1. The van der Waals surface area contributed by atoms with Crippen molar-refractivity contribution in [1.29, 1.82) is 0 Å². The van der Waals surface area contributed by atoms with E-state index >= 15 is 0 Å². The average molecular weight is 464 g/mol. The van der Waals surface area contributed by atoms with Gasteiger partial charge in [-0.15, -0.1) is 0 Å². The maximum absolute atomic E-state index is 10.9. The van der Waals surface area contributed by atoms with Crippen LogP contribution in [0.3, 0.4) is 0 Å². The molecule has 0 bridgehead atoms. The van der Waals surface area contributed by atoms with Crippen LogP contribution in [0.2, 0.25) is 0 Å². The van der Waals surface area contributed by atoms with Crippen LogP contribution < -0.4 is 0 Å². The standard InChI is InChI=1S/C26H29N3O5/c30-25(31)22-13-29(14-22)12-19-6-8-21(9-7-19)24-27-23(34-28-24)16-33-18-26(10-11-26)17-32-15-20-4-2-1-3-5-20/h1-9,22H,10-18H2,(H,30,31). The molecule has 1 saturated heterocycles. The topological polar surface area (TPSA) is 97.9 Å². The van der Waals surface area contributed by atoms with Crippen molar-refractivity contribution in [3.8, 4) is 11.4 Å². The molecule has 0 atom stereocenters. The number of likely N-dealkylation sites (tertiary alicyclic amines) is 1.